The quantitative estimate of drug-likeness (QED) is 0.613. The molecular formula is C23H34N4O4. The standard InChI is InChI=1S/C23H34N4O4/c1-28-22-4-2-3-19(15-22)16-27(9-6-20-17-30-12-7-24-20)23-25-21(18-31-23)5-8-26-10-13-29-14-11-26/h2-4,15,18,20,24H,5-14,16-17H2,1H3. The Labute approximate surface area is 184 Å². The molecule has 8 nitrogen and oxygen atoms in total. The van der Waals surface area contributed by atoms with Gasteiger partial charge < -0.3 is 28.8 Å². The van der Waals surface area contributed by atoms with Gasteiger partial charge in [-0.25, -0.2) is 0 Å². The second-order valence-electron chi connectivity index (χ2n) is 8.11. The van der Waals surface area contributed by atoms with Crippen molar-refractivity contribution in [3.8, 4) is 5.75 Å². The van der Waals surface area contributed by atoms with Gasteiger partial charge in [-0.15, -0.1) is 0 Å². The fourth-order valence-corrected chi connectivity index (χ4v) is 4.00. The number of hydrogen-bond donors (Lipinski definition) is 1. The highest BCUT2D eigenvalue weighted by molar-refractivity contribution is 5.34. The second-order valence-corrected chi connectivity index (χ2v) is 8.11. The van der Waals surface area contributed by atoms with Crippen LogP contribution in [0.3, 0.4) is 0 Å². The highest BCUT2D eigenvalue weighted by atomic mass is 16.5. The summed E-state index contributed by atoms with van der Waals surface area (Å²) < 4.78 is 22.4. The van der Waals surface area contributed by atoms with E-state index in [9.17, 15) is 0 Å². The molecule has 31 heavy (non-hydrogen) atoms. The van der Waals surface area contributed by atoms with Gasteiger partial charge in [0.25, 0.3) is 6.01 Å². The maximum atomic E-state index is 5.92. The summed E-state index contributed by atoms with van der Waals surface area (Å²) in [5.74, 6) is 0.860. The number of anilines is 1. The van der Waals surface area contributed by atoms with Gasteiger partial charge in [0, 0.05) is 51.7 Å². The van der Waals surface area contributed by atoms with Crippen LogP contribution in [-0.4, -0.2) is 82.2 Å². The number of benzene rings is 1. The molecule has 0 amide bonds. The molecule has 4 rings (SSSR count). The van der Waals surface area contributed by atoms with Gasteiger partial charge in [-0.3, -0.25) is 4.90 Å². The van der Waals surface area contributed by atoms with Crippen LogP contribution in [-0.2, 0) is 22.4 Å². The van der Waals surface area contributed by atoms with Gasteiger partial charge in [0.1, 0.15) is 12.0 Å². The van der Waals surface area contributed by atoms with Gasteiger partial charge in [0.15, 0.2) is 0 Å². The van der Waals surface area contributed by atoms with E-state index in [1.807, 2.05) is 12.1 Å². The van der Waals surface area contributed by atoms with Crippen LogP contribution in [0.15, 0.2) is 34.9 Å². The second kappa shape index (κ2) is 11.5. The molecule has 1 aromatic heterocycles. The van der Waals surface area contributed by atoms with E-state index in [4.69, 9.17) is 23.6 Å². The molecule has 1 atom stereocenters. The molecule has 0 bridgehead atoms. The molecule has 0 spiro atoms. The van der Waals surface area contributed by atoms with Crippen molar-refractivity contribution < 1.29 is 18.6 Å². The third-order valence-corrected chi connectivity index (χ3v) is 5.85. The number of ether oxygens (including phenoxy) is 3. The molecule has 1 unspecified atom stereocenters. The lowest BCUT2D eigenvalue weighted by Gasteiger charge is -2.27. The van der Waals surface area contributed by atoms with Crippen molar-refractivity contribution in [2.45, 2.75) is 25.4 Å². The zero-order valence-corrected chi connectivity index (χ0v) is 18.4. The van der Waals surface area contributed by atoms with E-state index in [-0.39, 0.29) is 0 Å². The van der Waals surface area contributed by atoms with Crippen molar-refractivity contribution in [3.05, 3.63) is 41.8 Å². The fraction of sp³-hybridized carbons (Fsp3) is 0.609. The molecule has 1 aromatic carbocycles. The van der Waals surface area contributed by atoms with E-state index < -0.39 is 0 Å². The van der Waals surface area contributed by atoms with Crippen LogP contribution >= 0.6 is 0 Å². The summed E-state index contributed by atoms with van der Waals surface area (Å²) in [5, 5.41) is 3.53. The van der Waals surface area contributed by atoms with Crippen LogP contribution in [0.1, 0.15) is 17.7 Å². The third kappa shape index (κ3) is 6.67. The van der Waals surface area contributed by atoms with Gasteiger partial charge in [0.2, 0.25) is 0 Å². The summed E-state index contributed by atoms with van der Waals surface area (Å²) in [6.45, 7) is 8.59. The normalized spacial score (nSPS) is 20.0. The number of methoxy groups -OCH3 is 1. The van der Waals surface area contributed by atoms with Crippen LogP contribution in [0.5, 0.6) is 5.75 Å². The van der Waals surface area contributed by atoms with E-state index in [1.165, 1.54) is 5.56 Å². The van der Waals surface area contributed by atoms with Crippen LogP contribution < -0.4 is 15.0 Å². The van der Waals surface area contributed by atoms with Gasteiger partial charge >= 0.3 is 0 Å². The lowest BCUT2D eigenvalue weighted by molar-refractivity contribution is 0.0383. The molecule has 2 fully saturated rings. The molecule has 0 radical (unpaired) electrons. The Morgan fingerprint density at radius 1 is 1.23 bits per heavy atom. The first-order chi connectivity index (χ1) is 15.3. The minimum atomic E-state index is 0.359. The average molecular weight is 431 g/mol. The third-order valence-electron chi connectivity index (χ3n) is 5.85. The molecule has 0 aliphatic carbocycles. The van der Waals surface area contributed by atoms with Crippen molar-refractivity contribution >= 4 is 6.01 Å². The van der Waals surface area contributed by atoms with E-state index >= 15 is 0 Å². The van der Waals surface area contributed by atoms with E-state index in [0.29, 0.717) is 18.6 Å². The SMILES string of the molecule is COc1cccc(CN(CCC2COCCN2)c2nc(CCN3CCOCC3)co2)c1. The summed E-state index contributed by atoms with van der Waals surface area (Å²) >= 11 is 0. The lowest BCUT2D eigenvalue weighted by atomic mass is 10.1. The summed E-state index contributed by atoms with van der Waals surface area (Å²) in [5.41, 5.74) is 2.16. The molecular weight excluding hydrogens is 396 g/mol. The van der Waals surface area contributed by atoms with Gasteiger partial charge in [-0.2, -0.15) is 4.98 Å². The lowest BCUT2D eigenvalue weighted by Crippen LogP contribution is -2.43. The number of hydrogen-bond acceptors (Lipinski definition) is 8. The first-order valence-corrected chi connectivity index (χ1v) is 11.2. The summed E-state index contributed by atoms with van der Waals surface area (Å²) in [6, 6.07) is 9.20. The van der Waals surface area contributed by atoms with Crippen molar-refractivity contribution in [2.75, 3.05) is 71.2 Å². The van der Waals surface area contributed by atoms with Crippen molar-refractivity contribution in [1.82, 2.24) is 15.2 Å². The number of aromatic nitrogens is 1. The number of nitrogens with zero attached hydrogens (tertiary/aromatic N) is 3. The summed E-state index contributed by atoms with van der Waals surface area (Å²) in [4.78, 5) is 9.44. The monoisotopic (exact) mass is 430 g/mol. The van der Waals surface area contributed by atoms with Crippen LogP contribution in [0.2, 0.25) is 0 Å². The number of oxazole rings is 1. The maximum Gasteiger partial charge on any atom is 0.297 e. The van der Waals surface area contributed by atoms with E-state index in [0.717, 1.165) is 83.4 Å². The Hall–Kier alpha value is -2.13. The Morgan fingerprint density at radius 3 is 2.94 bits per heavy atom. The first-order valence-electron chi connectivity index (χ1n) is 11.2. The highest BCUT2D eigenvalue weighted by Gasteiger charge is 2.19. The van der Waals surface area contributed by atoms with Gasteiger partial charge in [0.05, 0.1) is 39.2 Å². The van der Waals surface area contributed by atoms with Crippen molar-refractivity contribution in [1.29, 1.82) is 0 Å². The first kappa shape index (κ1) is 22.1. The topological polar surface area (TPSA) is 72.2 Å². The van der Waals surface area contributed by atoms with Crippen LogP contribution in [0, 0.1) is 0 Å². The molecule has 2 aliphatic heterocycles. The Morgan fingerprint density at radius 2 is 2.13 bits per heavy atom. The van der Waals surface area contributed by atoms with Gasteiger partial charge in [-0.05, 0) is 24.1 Å². The van der Waals surface area contributed by atoms with E-state index in [1.54, 1.807) is 13.4 Å². The fourth-order valence-electron chi connectivity index (χ4n) is 4.00. The largest absolute Gasteiger partial charge is 0.497 e. The maximum absolute atomic E-state index is 5.92. The summed E-state index contributed by atoms with van der Waals surface area (Å²) in [7, 11) is 1.69. The minimum absolute atomic E-state index is 0.359. The predicted octanol–water partition coefficient (Wildman–Crippen LogP) is 1.94. The molecule has 170 valence electrons. The Balaban J connectivity index is 1.40. The number of nitrogens with one attached hydrogen (secondary N) is 1. The molecule has 2 aromatic rings. The van der Waals surface area contributed by atoms with E-state index in [2.05, 4.69) is 27.2 Å². The summed E-state index contributed by atoms with van der Waals surface area (Å²) in [6.07, 6.45) is 3.65. The zero-order chi connectivity index (χ0) is 21.3. The Kier molecular flexibility index (Phi) is 8.17. The predicted molar refractivity (Wildman–Crippen MR) is 119 cm³/mol. The molecule has 0 saturated carbocycles. The van der Waals surface area contributed by atoms with Crippen molar-refractivity contribution in [3.63, 3.8) is 0 Å². The molecule has 2 aliphatic rings. The minimum Gasteiger partial charge on any atom is -0.497 e. The Bertz CT molecular complexity index is 787. The molecule has 2 saturated heterocycles. The number of morpholine rings is 2. The molecule has 3 heterocycles. The highest BCUT2D eigenvalue weighted by Crippen LogP contribution is 2.21. The smallest absolute Gasteiger partial charge is 0.297 e. The zero-order valence-electron chi connectivity index (χ0n) is 18.4. The van der Waals surface area contributed by atoms with Gasteiger partial charge in [-0.1, -0.05) is 12.1 Å². The molecule has 8 heteroatoms. The average Bonchev–Trinajstić information content (AvgIpc) is 3.31. The molecule has 1 N–H and O–H groups in total. The number of rotatable bonds is 10. The van der Waals surface area contributed by atoms with Crippen molar-refractivity contribution in [2.24, 2.45) is 0 Å². The van der Waals surface area contributed by atoms with Crippen LogP contribution in [0.4, 0.5) is 6.01 Å². The van der Waals surface area contributed by atoms with Crippen LogP contribution in [0.25, 0.3) is 0 Å².